The predicted molar refractivity (Wildman–Crippen MR) is 72.7 cm³/mol. The van der Waals surface area contributed by atoms with Gasteiger partial charge in [-0.2, -0.15) is 5.26 Å². The van der Waals surface area contributed by atoms with Gasteiger partial charge in [-0.1, -0.05) is 11.6 Å². The Morgan fingerprint density at radius 2 is 2.25 bits per heavy atom. The normalized spacial score (nSPS) is 15.9. The maximum atomic E-state index is 13.8. The fraction of sp³-hybridized carbons (Fsp3) is 0. The summed E-state index contributed by atoms with van der Waals surface area (Å²) >= 11 is 5.96. The summed E-state index contributed by atoms with van der Waals surface area (Å²) in [4.78, 5) is 5.74. The quantitative estimate of drug-likeness (QED) is 0.795. The summed E-state index contributed by atoms with van der Waals surface area (Å²) in [6.07, 6.45) is 8.16. The number of nitriles is 1. The van der Waals surface area contributed by atoms with Crippen molar-refractivity contribution in [2.24, 2.45) is 4.99 Å². The Morgan fingerprint density at radius 1 is 1.40 bits per heavy atom. The van der Waals surface area contributed by atoms with Crippen molar-refractivity contribution in [3.63, 3.8) is 0 Å². The molecule has 0 aromatic heterocycles. The summed E-state index contributed by atoms with van der Waals surface area (Å²) in [5.41, 5.74) is 1.03. The molecule has 98 valence electrons. The lowest BCUT2D eigenvalue weighted by molar-refractivity contribution is 0.392. The molecule has 6 heteroatoms. The fourth-order valence-corrected chi connectivity index (χ4v) is 2.09. The molecule has 0 spiro atoms. The molecule has 0 fully saturated rings. The molecule has 0 N–H and O–H groups in total. The SMILES string of the molecule is N#Cc1ccc(C2=CN3C=CN=CC3=CO2)c(Cl)c1F. The van der Waals surface area contributed by atoms with Crippen LogP contribution in [0, 0.1) is 17.1 Å². The first-order valence-corrected chi connectivity index (χ1v) is 6.04. The van der Waals surface area contributed by atoms with Gasteiger partial charge >= 0.3 is 0 Å². The van der Waals surface area contributed by atoms with Crippen molar-refractivity contribution in [2.75, 3.05) is 0 Å². The number of benzene rings is 1. The lowest BCUT2D eigenvalue weighted by atomic mass is 10.1. The monoisotopic (exact) mass is 287 g/mol. The zero-order valence-corrected chi connectivity index (χ0v) is 10.8. The molecule has 2 heterocycles. The van der Waals surface area contributed by atoms with E-state index in [1.807, 2.05) is 0 Å². The molecule has 2 aliphatic heterocycles. The largest absolute Gasteiger partial charge is 0.461 e. The molecule has 0 saturated heterocycles. The maximum absolute atomic E-state index is 13.8. The van der Waals surface area contributed by atoms with Crippen molar-refractivity contribution < 1.29 is 9.13 Å². The molecule has 1 aromatic rings. The zero-order chi connectivity index (χ0) is 14.1. The Labute approximate surface area is 119 Å². The molecule has 20 heavy (non-hydrogen) atoms. The van der Waals surface area contributed by atoms with Gasteiger partial charge in [0.05, 0.1) is 28.7 Å². The summed E-state index contributed by atoms with van der Waals surface area (Å²) in [5.74, 6) is -0.358. The molecule has 0 bridgehead atoms. The van der Waals surface area contributed by atoms with Gasteiger partial charge in [0.15, 0.2) is 11.6 Å². The van der Waals surface area contributed by atoms with Gasteiger partial charge in [0, 0.05) is 18.0 Å². The zero-order valence-electron chi connectivity index (χ0n) is 10.0. The third-order valence-electron chi connectivity index (χ3n) is 2.85. The molecular weight excluding hydrogens is 281 g/mol. The van der Waals surface area contributed by atoms with Crippen molar-refractivity contribution >= 4 is 23.6 Å². The Balaban J connectivity index is 2.02. The first-order chi connectivity index (χ1) is 9.70. The highest BCUT2D eigenvalue weighted by Crippen LogP contribution is 2.32. The van der Waals surface area contributed by atoms with Crippen LogP contribution in [0.1, 0.15) is 11.1 Å². The summed E-state index contributed by atoms with van der Waals surface area (Å²) < 4.78 is 19.3. The molecule has 0 radical (unpaired) electrons. The maximum Gasteiger partial charge on any atom is 0.160 e. The van der Waals surface area contributed by atoms with Crippen molar-refractivity contribution in [1.29, 1.82) is 5.26 Å². The highest BCUT2D eigenvalue weighted by atomic mass is 35.5. The number of nitrogens with zero attached hydrogens (tertiary/aromatic N) is 3. The average Bonchev–Trinajstić information content (AvgIpc) is 2.49. The van der Waals surface area contributed by atoms with Gasteiger partial charge in [-0.3, -0.25) is 4.99 Å². The first-order valence-electron chi connectivity index (χ1n) is 5.66. The minimum absolute atomic E-state index is 0.101. The lowest BCUT2D eigenvalue weighted by Crippen LogP contribution is -2.17. The Hall–Kier alpha value is -2.58. The predicted octanol–water partition coefficient (Wildman–Crippen LogP) is 3.38. The molecule has 2 aliphatic rings. The van der Waals surface area contributed by atoms with Crippen LogP contribution >= 0.6 is 11.6 Å². The van der Waals surface area contributed by atoms with E-state index in [-0.39, 0.29) is 10.6 Å². The van der Waals surface area contributed by atoms with Crippen LogP contribution < -0.4 is 0 Å². The van der Waals surface area contributed by atoms with Crippen molar-refractivity contribution in [1.82, 2.24) is 4.90 Å². The average molecular weight is 288 g/mol. The summed E-state index contributed by atoms with van der Waals surface area (Å²) in [6, 6.07) is 4.66. The van der Waals surface area contributed by atoms with E-state index in [1.165, 1.54) is 12.3 Å². The molecule has 1 aromatic carbocycles. The van der Waals surface area contributed by atoms with E-state index in [4.69, 9.17) is 21.6 Å². The van der Waals surface area contributed by atoms with E-state index in [2.05, 4.69) is 4.99 Å². The van der Waals surface area contributed by atoms with E-state index in [0.29, 0.717) is 11.3 Å². The lowest BCUT2D eigenvalue weighted by Gasteiger charge is -2.24. The fourth-order valence-electron chi connectivity index (χ4n) is 1.83. The minimum Gasteiger partial charge on any atom is -0.461 e. The number of allylic oxidation sites excluding steroid dienone is 1. The van der Waals surface area contributed by atoms with Gasteiger partial charge in [0.25, 0.3) is 0 Å². The molecule has 0 amide bonds. The topological polar surface area (TPSA) is 48.6 Å². The molecular formula is C14H7ClFN3O. The van der Waals surface area contributed by atoms with Crippen LogP contribution in [0.2, 0.25) is 5.02 Å². The number of ether oxygens (including phenoxy) is 1. The highest BCUT2D eigenvalue weighted by Gasteiger charge is 2.20. The number of hydrogen-bond donors (Lipinski definition) is 0. The standard InChI is InChI=1S/C14H7ClFN3O/c15-13-11(2-1-9(5-17)14(13)16)12-7-19-4-3-18-6-10(19)8-20-12/h1-4,6-8H. The molecule has 0 atom stereocenters. The van der Waals surface area contributed by atoms with E-state index < -0.39 is 5.82 Å². The van der Waals surface area contributed by atoms with E-state index in [1.54, 1.807) is 41.8 Å². The minimum atomic E-state index is -0.748. The van der Waals surface area contributed by atoms with Crippen LogP contribution in [-0.2, 0) is 4.74 Å². The Morgan fingerprint density at radius 3 is 3.05 bits per heavy atom. The highest BCUT2D eigenvalue weighted by molar-refractivity contribution is 6.32. The van der Waals surface area contributed by atoms with Gasteiger partial charge in [-0.25, -0.2) is 4.39 Å². The van der Waals surface area contributed by atoms with Crippen molar-refractivity contribution in [3.05, 3.63) is 64.7 Å². The Kier molecular flexibility index (Phi) is 3.01. The number of fused-ring (bicyclic) bond motifs is 1. The first kappa shape index (κ1) is 12.5. The van der Waals surface area contributed by atoms with Crippen LogP contribution in [0.5, 0.6) is 0 Å². The molecule has 0 unspecified atom stereocenters. The summed E-state index contributed by atoms with van der Waals surface area (Å²) in [5, 5.41) is 8.63. The van der Waals surface area contributed by atoms with Crippen LogP contribution in [0.3, 0.4) is 0 Å². The van der Waals surface area contributed by atoms with E-state index >= 15 is 0 Å². The number of rotatable bonds is 1. The van der Waals surface area contributed by atoms with Crippen LogP contribution in [0.4, 0.5) is 4.39 Å². The molecule has 0 saturated carbocycles. The molecule has 4 nitrogen and oxygen atoms in total. The second-order valence-electron chi connectivity index (χ2n) is 4.04. The second kappa shape index (κ2) is 4.83. The van der Waals surface area contributed by atoms with E-state index in [9.17, 15) is 4.39 Å². The summed E-state index contributed by atoms with van der Waals surface area (Å²) in [7, 11) is 0. The molecule has 0 aliphatic carbocycles. The van der Waals surface area contributed by atoms with Crippen LogP contribution in [0.25, 0.3) is 5.76 Å². The van der Waals surface area contributed by atoms with Crippen molar-refractivity contribution in [3.8, 4) is 6.07 Å². The van der Waals surface area contributed by atoms with Crippen LogP contribution in [0.15, 0.2) is 47.7 Å². The summed E-state index contributed by atoms with van der Waals surface area (Å²) in [6.45, 7) is 0. The van der Waals surface area contributed by atoms with E-state index in [0.717, 1.165) is 5.70 Å². The number of hydrogen-bond acceptors (Lipinski definition) is 4. The van der Waals surface area contributed by atoms with Crippen molar-refractivity contribution in [2.45, 2.75) is 0 Å². The molecule has 3 rings (SSSR count). The Bertz CT molecular complexity index is 744. The third kappa shape index (κ3) is 1.96. The second-order valence-corrected chi connectivity index (χ2v) is 4.42. The van der Waals surface area contributed by atoms with Gasteiger partial charge in [-0.05, 0) is 12.1 Å². The smallest absolute Gasteiger partial charge is 0.160 e. The van der Waals surface area contributed by atoms with Crippen LogP contribution in [-0.4, -0.2) is 11.1 Å². The van der Waals surface area contributed by atoms with Gasteiger partial charge in [-0.15, -0.1) is 0 Å². The number of aliphatic imine (C=N–C) groups is 1. The third-order valence-corrected chi connectivity index (χ3v) is 3.22. The van der Waals surface area contributed by atoms with Gasteiger partial charge < -0.3 is 9.64 Å². The van der Waals surface area contributed by atoms with Gasteiger partial charge in [0.2, 0.25) is 0 Å². The van der Waals surface area contributed by atoms with Gasteiger partial charge in [0.1, 0.15) is 12.3 Å². The number of halogens is 2.